The molecule has 1 aliphatic carbocycles. The molecular formula is C11H24N2O2S. The van der Waals surface area contributed by atoms with E-state index in [1.54, 1.807) is 0 Å². The zero-order valence-electron chi connectivity index (χ0n) is 10.7. The third-order valence-electron chi connectivity index (χ3n) is 2.99. The van der Waals surface area contributed by atoms with Crippen LogP contribution in [0.15, 0.2) is 0 Å². The molecule has 1 rings (SSSR count). The molecule has 0 aromatic carbocycles. The largest absolute Gasteiger partial charge is 0.312 e. The summed E-state index contributed by atoms with van der Waals surface area (Å²) in [4.78, 5) is 0. The van der Waals surface area contributed by atoms with Gasteiger partial charge >= 0.3 is 0 Å². The van der Waals surface area contributed by atoms with Crippen LogP contribution in [0.1, 0.15) is 40.0 Å². The summed E-state index contributed by atoms with van der Waals surface area (Å²) < 4.78 is 25.0. The van der Waals surface area contributed by atoms with Crippen LogP contribution in [0.4, 0.5) is 0 Å². The molecule has 0 saturated heterocycles. The lowest BCUT2D eigenvalue weighted by atomic mass is 10.1. The highest BCUT2D eigenvalue weighted by molar-refractivity contribution is 7.88. The third kappa shape index (κ3) is 5.27. The van der Waals surface area contributed by atoms with Crippen molar-refractivity contribution in [3.8, 4) is 0 Å². The van der Waals surface area contributed by atoms with Crippen LogP contribution in [0.2, 0.25) is 0 Å². The van der Waals surface area contributed by atoms with E-state index in [1.165, 1.54) is 25.5 Å². The van der Waals surface area contributed by atoms with Gasteiger partial charge in [-0.1, -0.05) is 6.92 Å². The Balaban J connectivity index is 2.36. The Labute approximate surface area is 99.2 Å². The molecule has 4 nitrogen and oxygen atoms in total. The van der Waals surface area contributed by atoms with Gasteiger partial charge < -0.3 is 5.32 Å². The first kappa shape index (κ1) is 13.9. The van der Waals surface area contributed by atoms with Gasteiger partial charge in [-0.15, -0.1) is 0 Å². The summed E-state index contributed by atoms with van der Waals surface area (Å²) in [6, 6.07) is 0.552. The fraction of sp³-hybridized carbons (Fsp3) is 1.00. The van der Waals surface area contributed by atoms with Crippen LogP contribution in [-0.2, 0) is 10.0 Å². The van der Waals surface area contributed by atoms with Gasteiger partial charge in [0.1, 0.15) is 0 Å². The second-order valence-electron chi connectivity index (χ2n) is 5.75. The summed E-state index contributed by atoms with van der Waals surface area (Å²) >= 11 is 0. The quantitative estimate of drug-likeness (QED) is 0.766. The summed E-state index contributed by atoms with van der Waals surface area (Å²) in [5.41, 5.74) is -0.417. The molecule has 0 bridgehead atoms. The molecule has 0 spiro atoms. The number of sulfonamides is 1. The third-order valence-corrected chi connectivity index (χ3v) is 3.91. The fourth-order valence-electron chi connectivity index (χ4n) is 2.33. The number of hydrogen-bond donors (Lipinski definition) is 2. The molecule has 16 heavy (non-hydrogen) atoms. The molecule has 0 heterocycles. The van der Waals surface area contributed by atoms with Gasteiger partial charge in [0.05, 0.1) is 6.26 Å². The van der Waals surface area contributed by atoms with Gasteiger partial charge in [-0.2, -0.15) is 0 Å². The maximum atomic E-state index is 11.2. The van der Waals surface area contributed by atoms with E-state index >= 15 is 0 Å². The normalized spacial score (nSPS) is 27.2. The average Bonchev–Trinajstić information content (AvgIpc) is 2.44. The van der Waals surface area contributed by atoms with Crippen molar-refractivity contribution in [2.45, 2.75) is 51.6 Å². The van der Waals surface area contributed by atoms with Gasteiger partial charge in [0.2, 0.25) is 10.0 Å². The predicted molar refractivity (Wildman–Crippen MR) is 66.9 cm³/mol. The Hall–Kier alpha value is -0.130. The van der Waals surface area contributed by atoms with E-state index in [1.807, 2.05) is 13.8 Å². The number of nitrogens with one attached hydrogen (secondary N) is 2. The van der Waals surface area contributed by atoms with E-state index in [2.05, 4.69) is 17.0 Å². The second kappa shape index (κ2) is 5.02. The van der Waals surface area contributed by atoms with Gasteiger partial charge in [-0.3, -0.25) is 0 Å². The SMILES string of the molecule is CC1CCC(NCC(C)(C)NS(C)(=O)=O)C1. The van der Waals surface area contributed by atoms with Crippen LogP contribution in [0, 0.1) is 5.92 Å². The maximum Gasteiger partial charge on any atom is 0.209 e. The lowest BCUT2D eigenvalue weighted by Gasteiger charge is -2.27. The Morgan fingerprint density at radius 2 is 1.94 bits per heavy atom. The van der Waals surface area contributed by atoms with Crippen LogP contribution in [0.3, 0.4) is 0 Å². The summed E-state index contributed by atoms with van der Waals surface area (Å²) in [7, 11) is -3.13. The smallest absolute Gasteiger partial charge is 0.209 e. The Morgan fingerprint density at radius 1 is 1.31 bits per heavy atom. The molecule has 96 valence electrons. The molecule has 0 amide bonds. The number of rotatable bonds is 5. The van der Waals surface area contributed by atoms with Crippen LogP contribution in [0.5, 0.6) is 0 Å². The molecule has 2 N–H and O–H groups in total. The van der Waals surface area contributed by atoms with E-state index in [9.17, 15) is 8.42 Å². The number of hydrogen-bond acceptors (Lipinski definition) is 3. The highest BCUT2D eigenvalue weighted by Crippen LogP contribution is 2.24. The monoisotopic (exact) mass is 248 g/mol. The first-order valence-corrected chi connectivity index (χ1v) is 7.79. The molecule has 0 aromatic heterocycles. The topological polar surface area (TPSA) is 58.2 Å². The van der Waals surface area contributed by atoms with Crippen molar-refractivity contribution in [2.24, 2.45) is 5.92 Å². The van der Waals surface area contributed by atoms with E-state index in [4.69, 9.17) is 0 Å². The highest BCUT2D eigenvalue weighted by Gasteiger charge is 2.26. The second-order valence-corrected chi connectivity index (χ2v) is 7.50. The minimum atomic E-state index is -3.13. The maximum absolute atomic E-state index is 11.2. The standard InChI is InChI=1S/C11H24N2O2S/c1-9-5-6-10(7-9)12-8-11(2,3)13-16(4,14)15/h9-10,12-13H,5-8H2,1-4H3. The molecule has 1 saturated carbocycles. The van der Waals surface area contributed by atoms with Gasteiger partial charge in [0.15, 0.2) is 0 Å². The molecule has 5 heteroatoms. The lowest BCUT2D eigenvalue weighted by Crippen LogP contribution is -2.51. The van der Waals surface area contributed by atoms with E-state index in [0.717, 1.165) is 5.92 Å². The molecule has 0 aliphatic heterocycles. The lowest BCUT2D eigenvalue weighted by molar-refractivity contribution is 0.385. The van der Waals surface area contributed by atoms with Crippen molar-refractivity contribution in [1.29, 1.82) is 0 Å². The predicted octanol–water partition coefficient (Wildman–Crippen LogP) is 1.09. The molecular weight excluding hydrogens is 224 g/mol. The Kier molecular flexibility index (Phi) is 4.37. The van der Waals surface area contributed by atoms with E-state index in [-0.39, 0.29) is 0 Å². The molecule has 2 unspecified atom stereocenters. The Bertz CT molecular complexity index is 325. The van der Waals surface area contributed by atoms with Crippen molar-refractivity contribution in [1.82, 2.24) is 10.0 Å². The van der Waals surface area contributed by atoms with Crippen molar-refractivity contribution in [2.75, 3.05) is 12.8 Å². The van der Waals surface area contributed by atoms with E-state index < -0.39 is 15.6 Å². The van der Waals surface area contributed by atoms with Crippen LogP contribution in [-0.4, -0.2) is 32.8 Å². The Morgan fingerprint density at radius 3 is 2.38 bits per heavy atom. The zero-order valence-corrected chi connectivity index (χ0v) is 11.5. The molecule has 1 aliphatic rings. The summed E-state index contributed by atoms with van der Waals surface area (Å²) in [6.07, 6.45) is 4.88. The van der Waals surface area contributed by atoms with Gasteiger partial charge in [-0.05, 0) is 39.0 Å². The minimum Gasteiger partial charge on any atom is -0.312 e. The van der Waals surface area contributed by atoms with Crippen molar-refractivity contribution < 1.29 is 8.42 Å². The minimum absolute atomic E-state index is 0.417. The van der Waals surface area contributed by atoms with Crippen molar-refractivity contribution in [3.63, 3.8) is 0 Å². The van der Waals surface area contributed by atoms with Crippen molar-refractivity contribution in [3.05, 3.63) is 0 Å². The fourth-order valence-corrected chi connectivity index (χ4v) is 3.41. The van der Waals surface area contributed by atoms with E-state index in [0.29, 0.717) is 12.6 Å². The highest BCUT2D eigenvalue weighted by atomic mass is 32.2. The van der Waals surface area contributed by atoms with Crippen LogP contribution < -0.4 is 10.0 Å². The molecule has 1 fully saturated rings. The summed E-state index contributed by atoms with van der Waals surface area (Å²) in [5.74, 6) is 0.795. The van der Waals surface area contributed by atoms with Gasteiger partial charge in [0.25, 0.3) is 0 Å². The van der Waals surface area contributed by atoms with Crippen LogP contribution >= 0.6 is 0 Å². The van der Waals surface area contributed by atoms with Gasteiger partial charge in [0, 0.05) is 18.1 Å². The van der Waals surface area contributed by atoms with Crippen LogP contribution in [0.25, 0.3) is 0 Å². The first-order chi connectivity index (χ1) is 7.18. The first-order valence-electron chi connectivity index (χ1n) is 5.90. The zero-order chi connectivity index (χ0) is 12.4. The molecule has 0 radical (unpaired) electrons. The molecule has 2 atom stereocenters. The van der Waals surface area contributed by atoms with Crippen molar-refractivity contribution >= 4 is 10.0 Å². The average molecular weight is 248 g/mol. The molecule has 0 aromatic rings. The summed E-state index contributed by atoms with van der Waals surface area (Å²) in [6.45, 7) is 6.75. The summed E-state index contributed by atoms with van der Waals surface area (Å²) in [5, 5.41) is 3.45. The van der Waals surface area contributed by atoms with Gasteiger partial charge in [-0.25, -0.2) is 13.1 Å².